The van der Waals surface area contributed by atoms with Crippen LogP contribution in [0, 0.1) is 0 Å². The fourth-order valence-corrected chi connectivity index (χ4v) is 21.6. The molecular weight excluding hydrogens is 503 g/mol. The van der Waals surface area contributed by atoms with Crippen molar-refractivity contribution in [2.24, 2.45) is 0 Å². The van der Waals surface area contributed by atoms with E-state index in [1.54, 1.807) is 69.1 Å². The molecule has 0 fully saturated rings. The first kappa shape index (κ1) is 33.8. The molecule has 0 amide bonds. The molecule has 0 aliphatic rings. The normalized spacial score (nSPS) is 12.0. The van der Waals surface area contributed by atoms with Gasteiger partial charge in [-0.25, -0.2) is 0 Å². The Bertz CT molecular complexity index is 281. The average molecular weight is 572 g/mol. The summed E-state index contributed by atoms with van der Waals surface area (Å²) in [4.78, 5) is 0. The van der Waals surface area contributed by atoms with Gasteiger partial charge in [0.1, 0.15) is 0 Å². The fourth-order valence-electron chi connectivity index (χ4n) is 5.87. The Morgan fingerprint density at radius 2 is 0.424 bits per heavy atom. The van der Waals surface area contributed by atoms with E-state index >= 15 is 0 Å². The van der Waals surface area contributed by atoms with Crippen molar-refractivity contribution < 1.29 is 0 Å². The van der Waals surface area contributed by atoms with E-state index in [4.69, 9.17) is 0 Å². The van der Waals surface area contributed by atoms with Gasteiger partial charge in [0.25, 0.3) is 0 Å². The zero-order valence-corrected chi connectivity index (χ0v) is 27.2. The second kappa shape index (κ2) is 27.4. The Balaban J connectivity index is 4.74. The maximum absolute atomic E-state index is 2.35. The minimum atomic E-state index is -1.97. The summed E-state index contributed by atoms with van der Waals surface area (Å²) in [5, 5.41) is 0. The number of hydrogen-bond acceptors (Lipinski definition) is 0. The van der Waals surface area contributed by atoms with Crippen LogP contribution in [0.4, 0.5) is 0 Å². The van der Waals surface area contributed by atoms with Gasteiger partial charge in [0.05, 0.1) is 0 Å². The summed E-state index contributed by atoms with van der Waals surface area (Å²) < 4.78 is 7.00. The van der Waals surface area contributed by atoms with Crippen molar-refractivity contribution in [2.45, 2.75) is 200 Å². The van der Waals surface area contributed by atoms with Crippen molar-refractivity contribution in [3.63, 3.8) is 0 Å². The van der Waals surface area contributed by atoms with Gasteiger partial charge in [-0.3, -0.25) is 0 Å². The van der Waals surface area contributed by atoms with Crippen molar-refractivity contribution in [2.75, 3.05) is 0 Å². The Morgan fingerprint density at radius 1 is 0.242 bits per heavy atom. The quantitative estimate of drug-likeness (QED) is 0.0647. The summed E-state index contributed by atoms with van der Waals surface area (Å²) >= 11 is -1.97. The van der Waals surface area contributed by atoms with Crippen LogP contribution in [0.1, 0.15) is 182 Å². The number of rotatable bonds is 28. The van der Waals surface area contributed by atoms with Gasteiger partial charge in [-0.1, -0.05) is 0 Å². The third-order valence-corrected chi connectivity index (χ3v) is 24.4. The monoisotopic (exact) mass is 572 g/mol. The summed E-state index contributed by atoms with van der Waals surface area (Å²) in [5.74, 6) is 0. The molecule has 1 heteroatoms. The van der Waals surface area contributed by atoms with Crippen molar-refractivity contribution in [3.05, 3.63) is 0 Å². The van der Waals surface area contributed by atoms with E-state index in [1.807, 2.05) is 0 Å². The molecule has 0 saturated heterocycles. The summed E-state index contributed by atoms with van der Waals surface area (Å²) in [6.07, 6.45) is 36.0. The topological polar surface area (TPSA) is 0 Å². The molecule has 0 aliphatic carbocycles. The molecule has 0 N–H and O–H groups in total. The van der Waals surface area contributed by atoms with Crippen LogP contribution >= 0.6 is 0 Å². The van der Waals surface area contributed by atoms with Crippen LogP contribution in [-0.4, -0.2) is 18.4 Å². The molecule has 0 rings (SSSR count). The van der Waals surface area contributed by atoms with Gasteiger partial charge < -0.3 is 0 Å². The van der Waals surface area contributed by atoms with Crippen molar-refractivity contribution in [1.82, 2.24) is 0 Å². The molecular formula is C32H68Sn. The van der Waals surface area contributed by atoms with Crippen LogP contribution in [-0.2, 0) is 0 Å². The molecule has 200 valence electrons. The van der Waals surface area contributed by atoms with Crippen LogP contribution in [0.5, 0.6) is 0 Å². The second-order valence-electron chi connectivity index (χ2n) is 11.6. The van der Waals surface area contributed by atoms with Crippen LogP contribution in [0.2, 0.25) is 17.7 Å². The summed E-state index contributed by atoms with van der Waals surface area (Å²) in [6, 6.07) is 0. The van der Waals surface area contributed by atoms with E-state index in [-0.39, 0.29) is 0 Å². The Kier molecular flexibility index (Phi) is 28.1. The minimum absolute atomic E-state index is 1.39. The predicted molar refractivity (Wildman–Crippen MR) is 158 cm³/mol. The second-order valence-corrected chi connectivity index (χ2v) is 25.8. The van der Waals surface area contributed by atoms with E-state index < -0.39 is 18.4 Å². The van der Waals surface area contributed by atoms with Crippen molar-refractivity contribution in [3.8, 4) is 0 Å². The molecule has 0 aromatic heterocycles. The van der Waals surface area contributed by atoms with Gasteiger partial charge in [-0.05, 0) is 0 Å². The first-order chi connectivity index (χ1) is 16.2. The summed E-state index contributed by atoms with van der Waals surface area (Å²) in [7, 11) is 0. The van der Waals surface area contributed by atoms with Gasteiger partial charge in [-0.15, -0.1) is 0 Å². The van der Waals surface area contributed by atoms with Gasteiger partial charge in [0, 0.05) is 0 Å². The van der Waals surface area contributed by atoms with Crippen molar-refractivity contribution in [1.29, 1.82) is 0 Å². The number of unbranched alkanes of at least 4 members (excludes halogenated alkanes) is 20. The molecule has 33 heavy (non-hydrogen) atoms. The van der Waals surface area contributed by atoms with Gasteiger partial charge in [0.15, 0.2) is 0 Å². The predicted octanol–water partition coefficient (Wildman–Crippen LogP) is 12.9. The number of hydrogen-bond donors (Lipinski definition) is 0. The maximum atomic E-state index is 2.35. The van der Waals surface area contributed by atoms with Crippen LogP contribution < -0.4 is 0 Å². The first-order valence-electron chi connectivity index (χ1n) is 16.2. The fraction of sp³-hybridized carbons (Fsp3) is 1.00. The molecule has 0 aromatic rings. The van der Waals surface area contributed by atoms with E-state index in [9.17, 15) is 0 Å². The van der Waals surface area contributed by atoms with Crippen LogP contribution in [0.3, 0.4) is 0 Å². The zero-order valence-electron chi connectivity index (χ0n) is 24.3. The molecule has 0 nitrogen and oxygen atoms in total. The van der Waals surface area contributed by atoms with Crippen molar-refractivity contribution >= 4 is 18.4 Å². The summed E-state index contributed by atoms with van der Waals surface area (Å²) in [5.41, 5.74) is 0. The molecule has 0 atom stereocenters. The molecule has 0 saturated carbocycles. The average Bonchev–Trinajstić information content (AvgIpc) is 2.83. The van der Waals surface area contributed by atoms with Gasteiger partial charge in [0.2, 0.25) is 0 Å². The Hall–Kier alpha value is 0.799. The first-order valence-corrected chi connectivity index (χ1v) is 24.3. The zero-order chi connectivity index (χ0) is 24.3. The van der Waals surface area contributed by atoms with Crippen LogP contribution in [0.15, 0.2) is 0 Å². The summed E-state index contributed by atoms with van der Waals surface area (Å²) in [6.45, 7) is 9.40. The van der Waals surface area contributed by atoms with Crippen LogP contribution in [0.25, 0.3) is 0 Å². The van der Waals surface area contributed by atoms with E-state index in [2.05, 4.69) is 27.7 Å². The molecule has 0 bridgehead atoms. The molecule has 0 spiro atoms. The van der Waals surface area contributed by atoms with Gasteiger partial charge in [-0.2, -0.15) is 0 Å². The van der Waals surface area contributed by atoms with E-state index in [0.29, 0.717) is 0 Å². The standard InChI is InChI=1S/4C8H17.Sn/c4*1-3-5-7-8-6-4-2;/h4*1,3-8H2,2H3;. The third kappa shape index (κ3) is 23.0. The molecule has 0 heterocycles. The molecule has 0 aromatic carbocycles. The third-order valence-electron chi connectivity index (χ3n) is 8.24. The SMILES string of the molecule is CCCCCCC[CH2][Sn]([CH2]CCCCCCC)([CH2]CCCCCCC)[CH2]CCCCCCC. The Morgan fingerprint density at radius 3 is 0.636 bits per heavy atom. The van der Waals surface area contributed by atoms with E-state index in [1.165, 1.54) is 103 Å². The molecule has 0 radical (unpaired) electrons. The molecule has 0 unspecified atom stereocenters. The molecule has 0 aliphatic heterocycles. The van der Waals surface area contributed by atoms with E-state index in [0.717, 1.165) is 0 Å². The Labute approximate surface area is 217 Å². The van der Waals surface area contributed by atoms with Gasteiger partial charge >= 0.3 is 218 Å².